The molecule has 3 aromatic rings. The standard InChI is InChI=1S/C22H26N4O3S/c1-28-16-17-6-8-18(9-7-17)22(27)26-13-11-25(12-14-26)10-2-5-20-23-21(24-29-20)19-4-3-15-30-19/h3-4,6-9,15H,2,5,10-14,16H2,1H3. The number of amides is 1. The van der Waals surface area contributed by atoms with Gasteiger partial charge in [-0.2, -0.15) is 4.98 Å². The van der Waals surface area contributed by atoms with Crippen LogP contribution >= 0.6 is 11.3 Å². The third kappa shape index (κ3) is 5.13. The van der Waals surface area contributed by atoms with Crippen LogP contribution in [0.15, 0.2) is 46.3 Å². The first-order chi connectivity index (χ1) is 14.7. The molecule has 4 rings (SSSR count). The zero-order chi connectivity index (χ0) is 20.8. The lowest BCUT2D eigenvalue weighted by atomic mass is 10.1. The van der Waals surface area contributed by atoms with Crippen LogP contribution in [0.5, 0.6) is 0 Å². The first-order valence-corrected chi connectivity index (χ1v) is 11.1. The predicted octanol–water partition coefficient (Wildman–Crippen LogP) is 3.34. The van der Waals surface area contributed by atoms with Gasteiger partial charge >= 0.3 is 0 Å². The van der Waals surface area contributed by atoms with E-state index in [1.807, 2.05) is 46.7 Å². The summed E-state index contributed by atoms with van der Waals surface area (Å²) in [6.07, 6.45) is 1.73. The van der Waals surface area contributed by atoms with Crippen molar-refractivity contribution in [2.45, 2.75) is 19.4 Å². The van der Waals surface area contributed by atoms with E-state index in [4.69, 9.17) is 9.26 Å². The number of nitrogens with zero attached hydrogens (tertiary/aromatic N) is 4. The summed E-state index contributed by atoms with van der Waals surface area (Å²) in [5.41, 5.74) is 1.81. The summed E-state index contributed by atoms with van der Waals surface area (Å²) in [5.74, 6) is 1.46. The highest BCUT2D eigenvalue weighted by Crippen LogP contribution is 2.21. The second kappa shape index (κ2) is 9.97. The third-order valence-electron chi connectivity index (χ3n) is 5.25. The number of carbonyl (C=O) groups is 1. The van der Waals surface area contributed by atoms with Crippen LogP contribution in [0.4, 0.5) is 0 Å². The Kier molecular flexibility index (Phi) is 6.88. The summed E-state index contributed by atoms with van der Waals surface area (Å²) in [7, 11) is 1.67. The molecule has 1 fully saturated rings. The lowest BCUT2D eigenvalue weighted by Gasteiger charge is -2.34. The first-order valence-electron chi connectivity index (χ1n) is 10.2. The molecule has 30 heavy (non-hydrogen) atoms. The number of aryl methyl sites for hydroxylation is 1. The Morgan fingerprint density at radius 3 is 2.67 bits per heavy atom. The van der Waals surface area contributed by atoms with E-state index in [9.17, 15) is 4.79 Å². The number of ether oxygens (including phenoxy) is 1. The first kappa shape index (κ1) is 20.7. The Morgan fingerprint density at radius 1 is 1.17 bits per heavy atom. The van der Waals surface area contributed by atoms with Crippen LogP contribution in [-0.4, -0.2) is 65.7 Å². The fourth-order valence-corrected chi connectivity index (χ4v) is 4.23. The van der Waals surface area contributed by atoms with Crippen molar-refractivity contribution < 1.29 is 14.1 Å². The Balaban J connectivity index is 1.20. The van der Waals surface area contributed by atoms with E-state index < -0.39 is 0 Å². The maximum atomic E-state index is 12.7. The second-order valence-corrected chi connectivity index (χ2v) is 8.30. The summed E-state index contributed by atoms with van der Waals surface area (Å²) in [4.78, 5) is 22.6. The molecular weight excluding hydrogens is 400 g/mol. The minimum Gasteiger partial charge on any atom is -0.380 e. The van der Waals surface area contributed by atoms with Crippen LogP contribution in [0.3, 0.4) is 0 Å². The van der Waals surface area contributed by atoms with Gasteiger partial charge in [-0.3, -0.25) is 9.69 Å². The molecule has 1 aromatic carbocycles. The topological polar surface area (TPSA) is 71.7 Å². The normalized spacial score (nSPS) is 14.9. The van der Waals surface area contributed by atoms with Gasteiger partial charge in [0.25, 0.3) is 5.91 Å². The lowest BCUT2D eigenvalue weighted by molar-refractivity contribution is 0.0635. The van der Waals surface area contributed by atoms with Crippen LogP contribution in [0.2, 0.25) is 0 Å². The fraction of sp³-hybridized carbons (Fsp3) is 0.409. The SMILES string of the molecule is COCc1ccc(C(=O)N2CCN(CCCc3nc(-c4cccs4)no3)CC2)cc1. The summed E-state index contributed by atoms with van der Waals surface area (Å²) in [6, 6.07) is 11.7. The number of benzene rings is 1. The van der Waals surface area contributed by atoms with E-state index in [0.717, 1.165) is 61.6 Å². The molecule has 0 atom stereocenters. The van der Waals surface area contributed by atoms with Crippen LogP contribution < -0.4 is 0 Å². The summed E-state index contributed by atoms with van der Waals surface area (Å²) >= 11 is 1.61. The van der Waals surface area contributed by atoms with E-state index >= 15 is 0 Å². The predicted molar refractivity (Wildman–Crippen MR) is 115 cm³/mol. The molecule has 3 heterocycles. The molecule has 1 aliphatic heterocycles. The average molecular weight is 427 g/mol. The van der Waals surface area contributed by atoms with Crippen LogP contribution in [0.25, 0.3) is 10.7 Å². The van der Waals surface area contributed by atoms with Gasteiger partial charge in [-0.1, -0.05) is 23.4 Å². The molecule has 0 spiro atoms. The van der Waals surface area contributed by atoms with Gasteiger partial charge in [0.05, 0.1) is 11.5 Å². The molecular formula is C22H26N4O3S. The second-order valence-electron chi connectivity index (χ2n) is 7.36. The number of piperazine rings is 1. The van der Waals surface area contributed by atoms with Crippen molar-refractivity contribution in [1.82, 2.24) is 19.9 Å². The molecule has 1 amide bonds. The smallest absolute Gasteiger partial charge is 0.253 e. The van der Waals surface area contributed by atoms with Gasteiger partial charge in [0.2, 0.25) is 11.7 Å². The van der Waals surface area contributed by atoms with Crippen molar-refractivity contribution >= 4 is 17.2 Å². The molecule has 2 aromatic heterocycles. The average Bonchev–Trinajstić information content (AvgIpc) is 3.47. The molecule has 0 aliphatic carbocycles. The van der Waals surface area contributed by atoms with Crippen LogP contribution in [0, 0.1) is 0 Å². The summed E-state index contributed by atoms with van der Waals surface area (Å²) in [5, 5.41) is 6.06. The summed E-state index contributed by atoms with van der Waals surface area (Å²) < 4.78 is 10.5. The maximum Gasteiger partial charge on any atom is 0.253 e. The van der Waals surface area contributed by atoms with Crippen molar-refractivity contribution in [1.29, 1.82) is 0 Å². The van der Waals surface area contributed by atoms with E-state index in [-0.39, 0.29) is 5.91 Å². The Bertz CT molecular complexity index is 932. The molecule has 0 saturated carbocycles. The van der Waals surface area contributed by atoms with Gasteiger partial charge in [-0.15, -0.1) is 11.3 Å². The molecule has 158 valence electrons. The molecule has 0 N–H and O–H groups in total. The number of aromatic nitrogens is 2. The number of thiophene rings is 1. The van der Waals surface area contributed by atoms with Crippen molar-refractivity contribution in [2.24, 2.45) is 0 Å². The largest absolute Gasteiger partial charge is 0.380 e. The third-order valence-corrected chi connectivity index (χ3v) is 6.11. The number of hydrogen-bond acceptors (Lipinski definition) is 7. The van der Waals surface area contributed by atoms with Crippen LogP contribution in [0.1, 0.15) is 28.2 Å². The van der Waals surface area contributed by atoms with Crippen molar-refractivity contribution in [3.05, 3.63) is 58.8 Å². The highest BCUT2D eigenvalue weighted by molar-refractivity contribution is 7.13. The van der Waals surface area contributed by atoms with Gasteiger partial charge in [0.1, 0.15) is 0 Å². The minimum atomic E-state index is 0.102. The van der Waals surface area contributed by atoms with E-state index in [2.05, 4.69) is 15.0 Å². The van der Waals surface area contributed by atoms with Crippen molar-refractivity contribution in [3.8, 4) is 10.7 Å². The van der Waals surface area contributed by atoms with Crippen molar-refractivity contribution in [2.75, 3.05) is 39.8 Å². The molecule has 0 bridgehead atoms. The van der Waals surface area contributed by atoms with E-state index in [0.29, 0.717) is 18.3 Å². The van der Waals surface area contributed by atoms with Gasteiger partial charge in [0.15, 0.2) is 0 Å². The molecule has 8 heteroatoms. The van der Waals surface area contributed by atoms with Crippen LogP contribution in [-0.2, 0) is 17.8 Å². The molecule has 1 aliphatic rings. The Morgan fingerprint density at radius 2 is 1.97 bits per heavy atom. The van der Waals surface area contributed by atoms with E-state index in [1.165, 1.54) is 0 Å². The molecule has 0 unspecified atom stereocenters. The fourth-order valence-electron chi connectivity index (χ4n) is 3.58. The van der Waals surface area contributed by atoms with E-state index in [1.54, 1.807) is 18.4 Å². The minimum absolute atomic E-state index is 0.102. The molecule has 1 saturated heterocycles. The Hall–Kier alpha value is -2.55. The molecule has 7 nitrogen and oxygen atoms in total. The highest BCUT2D eigenvalue weighted by atomic mass is 32.1. The van der Waals surface area contributed by atoms with Gasteiger partial charge in [-0.25, -0.2) is 0 Å². The van der Waals surface area contributed by atoms with Gasteiger partial charge in [0, 0.05) is 45.3 Å². The van der Waals surface area contributed by atoms with Gasteiger partial charge in [-0.05, 0) is 42.1 Å². The molecule has 0 radical (unpaired) electrons. The maximum absolute atomic E-state index is 12.7. The zero-order valence-electron chi connectivity index (χ0n) is 17.1. The monoisotopic (exact) mass is 426 g/mol. The number of hydrogen-bond donors (Lipinski definition) is 0. The Labute approximate surface area is 180 Å². The summed E-state index contributed by atoms with van der Waals surface area (Å²) in [6.45, 7) is 4.80. The van der Waals surface area contributed by atoms with Gasteiger partial charge < -0.3 is 14.2 Å². The quantitative estimate of drug-likeness (QED) is 0.550. The van der Waals surface area contributed by atoms with Crippen molar-refractivity contribution in [3.63, 3.8) is 0 Å². The number of carbonyl (C=O) groups excluding carboxylic acids is 1. The lowest BCUT2D eigenvalue weighted by Crippen LogP contribution is -2.48. The highest BCUT2D eigenvalue weighted by Gasteiger charge is 2.22. The number of rotatable bonds is 8. The zero-order valence-corrected chi connectivity index (χ0v) is 17.9. The number of methoxy groups -OCH3 is 1.